The molecule has 0 radical (unpaired) electrons. The van der Waals surface area contributed by atoms with Crippen LogP contribution in [-0.4, -0.2) is 21.6 Å². The van der Waals surface area contributed by atoms with Crippen molar-refractivity contribution < 1.29 is 13.1 Å². The number of halogens is 2. The minimum Gasteiger partial charge on any atom is -0.393 e. The number of aryl methyl sites for hydroxylation is 4. The van der Waals surface area contributed by atoms with E-state index >= 15 is 8.63 Å². The predicted molar refractivity (Wildman–Crippen MR) is 99.3 cm³/mol. The lowest BCUT2D eigenvalue weighted by Gasteiger charge is -2.33. The molecular formula is C20H21BF2N2. The fraction of sp³-hybridized carbons (Fsp3) is 0.250. The Morgan fingerprint density at radius 3 is 2.20 bits per heavy atom. The Kier molecular flexibility index (Phi) is 3.24. The molecule has 2 aliphatic rings. The lowest BCUT2D eigenvalue weighted by atomic mass is 9.83. The first kappa shape index (κ1) is 16.1. The van der Waals surface area contributed by atoms with Crippen molar-refractivity contribution in [2.24, 2.45) is 0 Å². The first-order valence-corrected chi connectivity index (χ1v) is 8.57. The second-order valence-corrected chi connectivity index (χ2v) is 7.20. The number of nitrogens with zero attached hydrogens (tertiary/aromatic N) is 2. The molecular weight excluding hydrogens is 317 g/mol. The molecule has 0 saturated heterocycles. The van der Waals surface area contributed by atoms with Crippen molar-refractivity contribution in [2.45, 2.75) is 34.6 Å². The average molecular weight is 338 g/mol. The zero-order chi connectivity index (χ0) is 18.1. The largest absolute Gasteiger partial charge is 0.737 e. The van der Waals surface area contributed by atoms with Crippen LogP contribution in [0.15, 0.2) is 42.1 Å². The Bertz CT molecular complexity index is 999. The van der Waals surface area contributed by atoms with Crippen LogP contribution in [-0.2, 0) is 0 Å². The number of allylic oxidation sites excluding steroid dienone is 2. The molecule has 0 N–H and O–H groups in total. The summed E-state index contributed by atoms with van der Waals surface area (Å²) in [5.74, 6) is 0. The SMILES string of the molecule is CC1=[N+]2C(=C(c3c(C)cc(C)cc3C)c3ccc(C)n3[B-]2(F)F)C=C1. The van der Waals surface area contributed by atoms with Crippen LogP contribution >= 0.6 is 0 Å². The molecule has 2 aliphatic heterocycles. The molecule has 25 heavy (non-hydrogen) atoms. The number of fused-ring (bicyclic) bond motifs is 2. The van der Waals surface area contributed by atoms with E-state index in [1.54, 1.807) is 26.0 Å². The molecule has 128 valence electrons. The highest BCUT2D eigenvalue weighted by molar-refractivity contribution is 6.58. The number of aromatic nitrogens is 1. The van der Waals surface area contributed by atoms with Crippen molar-refractivity contribution >= 4 is 18.3 Å². The summed E-state index contributed by atoms with van der Waals surface area (Å²) in [6, 6.07) is 7.84. The third-order valence-corrected chi connectivity index (χ3v) is 5.30. The first-order valence-electron chi connectivity index (χ1n) is 8.57. The molecule has 0 bridgehead atoms. The third-order valence-electron chi connectivity index (χ3n) is 5.30. The van der Waals surface area contributed by atoms with Crippen LogP contribution in [0, 0.1) is 27.7 Å². The summed E-state index contributed by atoms with van der Waals surface area (Å²) in [6.45, 7) is 5.78. The number of benzene rings is 1. The Morgan fingerprint density at radius 2 is 1.56 bits per heavy atom. The monoisotopic (exact) mass is 338 g/mol. The van der Waals surface area contributed by atoms with E-state index in [0.717, 1.165) is 22.3 Å². The molecule has 0 unspecified atom stereocenters. The zero-order valence-corrected chi connectivity index (χ0v) is 15.2. The molecule has 2 nitrogen and oxygen atoms in total. The molecule has 0 aliphatic carbocycles. The van der Waals surface area contributed by atoms with Gasteiger partial charge >= 0.3 is 6.97 Å². The van der Waals surface area contributed by atoms with Gasteiger partial charge in [0, 0.05) is 24.8 Å². The van der Waals surface area contributed by atoms with Crippen molar-refractivity contribution in [3.05, 3.63) is 75.8 Å². The molecule has 0 atom stereocenters. The van der Waals surface area contributed by atoms with E-state index < -0.39 is 6.97 Å². The molecule has 1 aromatic carbocycles. The molecule has 0 amide bonds. The molecule has 1 aromatic heterocycles. The van der Waals surface area contributed by atoms with Crippen LogP contribution in [0.25, 0.3) is 5.57 Å². The molecule has 2 aromatic rings. The summed E-state index contributed by atoms with van der Waals surface area (Å²) >= 11 is 0. The van der Waals surface area contributed by atoms with Crippen molar-refractivity contribution in [3.8, 4) is 0 Å². The maximum absolute atomic E-state index is 15.3. The molecule has 5 heteroatoms. The van der Waals surface area contributed by atoms with Crippen LogP contribution in [0.2, 0.25) is 0 Å². The Labute approximate surface area is 146 Å². The van der Waals surface area contributed by atoms with E-state index in [1.807, 2.05) is 12.1 Å². The number of rotatable bonds is 1. The second kappa shape index (κ2) is 5.04. The summed E-state index contributed by atoms with van der Waals surface area (Å²) in [7, 11) is 0. The average Bonchev–Trinajstić information content (AvgIpc) is 3.06. The van der Waals surface area contributed by atoms with E-state index in [4.69, 9.17) is 0 Å². The van der Waals surface area contributed by atoms with Gasteiger partial charge in [-0.1, -0.05) is 17.7 Å². The van der Waals surface area contributed by atoms with Gasteiger partial charge in [-0.2, -0.15) is 0 Å². The van der Waals surface area contributed by atoms with E-state index in [0.29, 0.717) is 22.8 Å². The molecule has 3 heterocycles. The van der Waals surface area contributed by atoms with Crippen LogP contribution < -0.4 is 0 Å². The van der Waals surface area contributed by atoms with E-state index in [-0.39, 0.29) is 0 Å². The van der Waals surface area contributed by atoms with Crippen molar-refractivity contribution in [1.29, 1.82) is 0 Å². The lowest BCUT2D eigenvalue weighted by molar-refractivity contribution is -0.362. The highest BCUT2D eigenvalue weighted by Crippen LogP contribution is 2.42. The van der Waals surface area contributed by atoms with Crippen LogP contribution in [0.3, 0.4) is 0 Å². The van der Waals surface area contributed by atoms with Crippen molar-refractivity contribution in [2.75, 3.05) is 0 Å². The van der Waals surface area contributed by atoms with Gasteiger partial charge in [0.1, 0.15) is 5.71 Å². The third kappa shape index (κ3) is 2.05. The maximum atomic E-state index is 15.3. The number of hydrogen-bond donors (Lipinski definition) is 0. The van der Waals surface area contributed by atoms with Gasteiger partial charge in [0.2, 0.25) is 0 Å². The van der Waals surface area contributed by atoms with Gasteiger partial charge in [0.05, 0.1) is 5.57 Å². The quantitative estimate of drug-likeness (QED) is 0.663. The van der Waals surface area contributed by atoms with Crippen molar-refractivity contribution in [1.82, 2.24) is 4.48 Å². The maximum Gasteiger partial charge on any atom is 0.737 e. The normalized spacial score (nSPS) is 18.0. The summed E-state index contributed by atoms with van der Waals surface area (Å²) in [5.41, 5.74) is 7.72. The minimum absolute atomic E-state index is 0.582. The summed E-state index contributed by atoms with van der Waals surface area (Å²) in [4.78, 5) is 0. The summed E-state index contributed by atoms with van der Waals surface area (Å²) < 4.78 is 33.0. The fourth-order valence-electron chi connectivity index (χ4n) is 4.41. The van der Waals surface area contributed by atoms with Crippen molar-refractivity contribution in [3.63, 3.8) is 0 Å². The molecule has 0 fully saturated rings. The first-order chi connectivity index (χ1) is 11.7. The smallest absolute Gasteiger partial charge is 0.393 e. The molecule has 0 spiro atoms. The van der Waals surface area contributed by atoms with Gasteiger partial charge in [-0.3, -0.25) is 0 Å². The Morgan fingerprint density at radius 1 is 0.920 bits per heavy atom. The number of hydrogen-bond acceptors (Lipinski definition) is 0. The minimum atomic E-state index is -3.88. The van der Waals surface area contributed by atoms with Gasteiger partial charge in [0.15, 0.2) is 5.70 Å². The van der Waals surface area contributed by atoms with Gasteiger partial charge in [-0.25, -0.2) is 0 Å². The van der Waals surface area contributed by atoms with Gasteiger partial charge in [-0.05, 0) is 62.2 Å². The summed E-state index contributed by atoms with van der Waals surface area (Å²) in [6.07, 6.45) is 3.61. The predicted octanol–water partition coefficient (Wildman–Crippen LogP) is 4.76. The molecule has 0 saturated carbocycles. The Hall–Kier alpha value is -2.43. The van der Waals surface area contributed by atoms with Crippen LogP contribution in [0.4, 0.5) is 8.63 Å². The fourth-order valence-corrected chi connectivity index (χ4v) is 4.41. The topological polar surface area (TPSA) is 7.94 Å². The van der Waals surface area contributed by atoms with E-state index in [9.17, 15) is 0 Å². The van der Waals surface area contributed by atoms with Gasteiger partial charge in [0.25, 0.3) is 0 Å². The van der Waals surface area contributed by atoms with E-state index in [1.165, 1.54) is 14.5 Å². The van der Waals surface area contributed by atoms with Crippen LogP contribution in [0.5, 0.6) is 0 Å². The molecule has 4 rings (SSSR count). The lowest BCUT2D eigenvalue weighted by Crippen LogP contribution is -2.51. The van der Waals surface area contributed by atoms with Crippen LogP contribution in [0.1, 0.15) is 40.6 Å². The van der Waals surface area contributed by atoms with Gasteiger partial charge in [-0.15, -0.1) is 0 Å². The Balaban J connectivity index is 2.16. The summed E-state index contributed by atoms with van der Waals surface area (Å²) in [5, 5.41) is 0. The second-order valence-electron chi connectivity index (χ2n) is 7.20. The standard InChI is InChI=1S/C20H21BF2N2/c1-12-10-13(2)19(14(3)11-12)20-17-8-6-15(4)24(17)21(22,23)25-16(5)7-9-18(20)25/h6-11H,1-5H3. The highest BCUT2D eigenvalue weighted by atomic mass is 19.2. The zero-order valence-electron chi connectivity index (χ0n) is 15.2. The highest BCUT2D eigenvalue weighted by Gasteiger charge is 2.53. The van der Waals surface area contributed by atoms with Gasteiger partial charge < -0.3 is 17.6 Å². The van der Waals surface area contributed by atoms with E-state index in [2.05, 4.69) is 32.9 Å².